The van der Waals surface area contributed by atoms with E-state index in [4.69, 9.17) is 39.9 Å². The van der Waals surface area contributed by atoms with Crippen LogP contribution in [0.2, 0.25) is 0 Å². The molecular weight excluding hydrogens is 630 g/mol. The molecule has 5 aromatic rings. The first-order chi connectivity index (χ1) is 24.0. The lowest BCUT2D eigenvalue weighted by molar-refractivity contribution is -0.133. The molecule has 0 saturated carbocycles. The van der Waals surface area contributed by atoms with Gasteiger partial charge < -0.3 is 45.0 Å². The molecule has 5 N–H and O–H groups in total. The summed E-state index contributed by atoms with van der Waals surface area (Å²) < 4.78 is 29.3. The van der Waals surface area contributed by atoms with E-state index in [1.165, 1.54) is 11.9 Å². The van der Waals surface area contributed by atoms with E-state index in [0.717, 1.165) is 29.7 Å². The first-order valence-corrected chi connectivity index (χ1v) is 16.5. The number of ether oxygens (including phenoxy) is 4. The van der Waals surface area contributed by atoms with Crippen LogP contribution >= 0.6 is 0 Å². The minimum atomic E-state index is 0.0836. The number of benzene rings is 2. The number of hydrogen-bond donors (Lipinski definition) is 3. The average molecular weight is 674 g/mol. The summed E-state index contributed by atoms with van der Waals surface area (Å²) in [4.78, 5) is 27.8. The molecule has 0 spiro atoms. The molecule has 1 aliphatic rings. The zero-order chi connectivity index (χ0) is 34.0. The number of aromatic nitrogens is 5. The van der Waals surface area contributed by atoms with Crippen molar-refractivity contribution in [2.75, 3.05) is 84.5 Å². The molecule has 3 aromatic heterocycles. The standard InChI is InChI=1S/C34H43N9O6/c1-37-8-11-46-13-15-48-17-16-47-14-12-45-10-7-29(44)42-9-6-24-18-23(2-3-26(24)21-42)20-43-33-30(32(35)38-22-39-33)31(41-43)25-4-5-28-27(19-25)40-34(36)49-28/h2-5,18-19,22,37H,6-17,20-21H2,1H3,(H2,36,40)(H2,35,38,39). The molecule has 2 aromatic carbocycles. The lowest BCUT2D eigenvalue weighted by Gasteiger charge is -2.29. The number of nitrogen functional groups attached to an aromatic ring is 2. The SMILES string of the molecule is CNCCOCCOCCOCCOCCC(=O)N1CCc2cc(Cn3nc(-c4ccc5oc(N)nc5c4)c4c(N)ncnc43)ccc2C1. The van der Waals surface area contributed by atoms with E-state index in [1.807, 2.05) is 34.8 Å². The van der Waals surface area contributed by atoms with E-state index >= 15 is 0 Å². The van der Waals surface area contributed by atoms with Crippen LogP contribution < -0.4 is 16.8 Å². The Balaban J connectivity index is 0.971. The van der Waals surface area contributed by atoms with E-state index in [9.17, 15) is 4.79 Å². The Morgan fingerprint density at radius 3 is 2.45 bits per heavy atom. The maximum absolute atomic E-state index is 12.9. The largest absolute Gasteiger partial charge is 0.424 e. The van der Waals surface area contributed by atoms with Crippen molar-refractivity contribution in [3.05, 3.63) is 59.4 Å². The molecule has 1 aliphatic heterocycles. The van der Waals surface area contributed by atoms with Gasteiger partial charge in [0.15, 0.2) is 11.2 Å². The first kappa shape index (κ1) is 34.2. The number of oxazole rings is 1. The van der Waals surface area contributed by atoms with E-state index in [0.29, 0.717) is 113 Å². The Bertz CT molecular complexity index is 1860. The Hall–Kier alpha value is -4.67. The monoisotopic (exact) mass is 673 g/mol. The van der Waals surface area contributed by atoms with Crippen molar-refractivity contribution in [1.82, 2.24) is 34.9 Å². The van der Waals surface area contributed by atoms with Crippen molar-refractivity contribution in [3.8, 4) is 11.3 Å². The number of carbonyl (C=O) groups excluding carboxylic acids is 1. The van der Waals surface area contributed by atoms with Crippen molar-refractivity contribution in [1.29, 1.82) is 0 Å². The predicted molar refractivity (Wildman–Crippen MR) is 184 cm³/mol. The fourth-order valence-corrected chi connectivity index (χ4v) is 5.78. The molecule has 15 nitrogen and oxygen atoms in total. The lowest BCUT2D eigenvalue weighted by Crippen LogP contribution is -2.36. The predicted octanol–water partition coefficient (Wildman–Crippen LogP) is 2.41. The minimum Gasteiger partial charge on any atom is -0.424 e. The number of fused-ring (bicyclic) bond motifs is 3. The molecule has 6 rings (SSSR count). The van der Waals surface area contributed by atoms with Crippen LogP contribution in [0.5, 0.6) is 0 Å². The zero-order valence-corrected chi connectivity index (χ0v) is 27.7. The molecule has 0 radical (unpaired) electrons. The van der Waals surface area contributed by atoms with Gasteiger partial charge in [0.25, 0.3) is 6.01 Å². The molecule has 15 heteroatoms. The normalized spacial score (nSPS) is 13.0. The number of amides is 1. The number of carbonyl (C=O) groups is 1. The topological polar surface area (TPSA) is 191 Å². The summed E-state index contributed by atoms with van der Waals surface area (Å²) in [6.07, 6.45) is 2.55. The number of nitrogens with two attached hydrogens (primary N) is 2. The highest BCUT2D eigenvalue weighted by Crippen LogP contribution is 2.33. The van der Waals surface area contributed by atoms with Crippen LogP contribution in [-0.4, -0.2) is 109 Å². The second-order valence-electron chi connectivity index (χ2n) is 11.7. The van der Waals surface area contributed by atoms with Gasteiger partial charge in [0.2, 0.25) is 5.91 Å². The quantitative estimate of drug-likeness (QED) is 0.115. The Morgan fingerprint density at radius 1 is 0.918 bits per heavy atom. The van der Waals surface area contributed by atoms with E-state index in [-0.39, 0.29) is 11.9 Å². The van der Waals surface area contributed by atoms with Gasteiger partial charge in [0.1, 0.15) is 23.4 Å². The van der Waals surface area contributed by atoms with Crippen molar-refractivity contribution >= 4 is 39.9 Å². The summed E-state index contributed by atoms with van der Waals surface area (Å²) in [7, 11) is 1.89. The molecule has 260 valence electrons. The summed E-state index contributed by atoms with van der Waals surface area (Å²) >= 11 is 0. The van der Waals surface area contributed by atoms with Gasteiger partial charge in [0.05, 0.1) is 71.2 Å². The summed E-state index contributed by atoms with van der Waals surface area (Å²) in [5.41, 5.74) is 18.8. The van der Waals surface area contributed by atoms with Crippen LogP contribution in [-0.2, 0) is 43.3 Å². The number of anilines is 2. The molecule has 0 bridgehead atoms. The third-order valence-electron chi connectivity index (χ3n) is 8.28. The molecule has 49 heavy (non-hydrogen) atoms. The summed E-state index contributed by atoms with van der Waals surface area (Å²) in [5.74, 6) is 0.430. The van der Waals surface area contributed by atoms with Gasteiger partial charge in [0, 0.05) is 25.2 Å². The van der Waals surface area contributed by atoms with Gasteiger partial charge in [-0.2, -0.15) is 10.1 Å². The van der Waals surface area contributed by atoms with Gasteiger partial charge in [-0.3, -0.25) is 4.79 Å². The average Bonchev–Trinajstić information content (AvgIpc) is 3.67. The second-order valence-corrected chi connectivity index (χ2v) is 11.7. The lowest BCUT2D eigenvalue weighted by atomic mass is 9.97. The highest BCUT2D eigenvalue weighted by Gasteiger charge is 2.22. The number of rotatable bonds is 18. The van der Waals surface area contributed by atoms with E-state index < -0.39 is 0 Å². The van der Waals surface area contributed by atoms with Crippen LogP contribution in [0.15, 0.2) is 47.1 Å². The van der Waals surface area contributed by atoms with Crippen LogP contribution in [0.1, 0.15) is 23.1 Å². The summed E-state index contributed by atoms with van der Waals surface area (Å²) in [5, 5.41) is 8.61. The number of nitrogens with zero attached hydrogens (tertiary/aromatic N) is 6. The molecule has 0 atom stereocenters. The van der Waals surface area contributed by atoms with Crippen molar-refractivity contribution in [3.63, 3.8) is 0 Å². The Labute approximate surface area is 283 Å². The van der Waals surface area contributed by atoms with E-state index in [2.05, 4.69) is 38.5 Å². The first-order valence-electron chi connectivity index (χ1n) is 16.5. The van der Waals surface area contributed by atoms with Crippen LogP contribution in [0.25, 0.3) is 33.4 Å². The number of likely N-dealkylation sites (N-methyl/N-ethyl adjacent to an activating group) is 1. The smallest absolute Gasteiger partial charge is 0.292 e. The maximum Gasteiger partial charge on any atom is 0.292 e. The molecule has 4 heterocycles. The van der Waals surface area contributed by atoms with Gasteiger partial charge >= 0.3 is 0 Å². The summed E-state index contributed by atoms with van der Waals surface area (Å²) in [6.45, 7) is 6.59. The molecule has 0 unspecified atom stereocenters. The van der Waals surface area contributed by atoms with Crippen molar-refractivity contribution in [2.24, 2.45) is 0 Å². The maximum atomic E-state index is 12.9. The zero-order valence-electron chi connectivity index (χ0n) is 27.7. The van der Waals surface area contributed by atoms with Gasteiger partial charge in [-0.05, 0) is 48.4 Å². The van der Waals surface area contributed by atoms with Gasteiger partial charge in [-0.1, -0.05) is 18.2 Å². The molecule has 0 fully saturated rings. The molecule has 0 saturated heterocycles. The van der Waals surface area contributed by atoms with Gasteiger partial charge in [-0.25, -0.2) is 14.6 Å². The summed E-state index contributed by atoms with van der Waals surface area (Å²) in [6, 6.07) is 12.0. The Kier molecular flexibility index (Phi) is 11.6. The molecular formula is C34H43N9O6. The number of hydrogen-bond acceptors (Lipinski definition) is 13. The van der Waals surface area contributed by atoms with Gasteiger partial charge in [-0.15, -0.1) is 0 Å². The highest BCUT2D eigenvalue weighted by atomic mass is 16.6. The van der Waals surface area contributed by atoms with Crippen molar-refractivity contribution in [2.45, 2.75) is 25.9 Å². The minimum absolute atomic E-state index is 0.0836. The van der Waals surface area contributed by atoms with Crippen LogP contribution in [0.4, 0.5) is 11.8 Å². The Morgan fingerprint density at radius 2 is 1.67 bits per heavy atom. The molecule has 1 amide bonds. The van der Waals surface area contributed by atoms with Crippen LogP contribution in [0, 0.1) is 0 Å². The van der Waals surface area contributed by atoms with E-state index in [1.54, 1.807) is 0 Å². The number of nitrogens with one attached hydrogen (secondary N) is 1. The fourth-order valence-electron chi connectivity index (χ4n) is 5.78. The van der Waals surface area contributed by atoms with Crippen molar-refractivity contribution < 1.29 is 28.2 Å². The second kappa shape index (κ2) is 16.6. The van der Waals surface area contributed by atoms with Crippen LogP contribution in [0.3, 0.4) is 0 Å². The highest BCUT2D eigenvalue weighted by molar-refractivity contribution is 5.99. The fraction of sp³-hybridized carbons (Fsp3) is 0.441. The molecule has 0 aliphatic carbocycles. The third-order valence-corrected chi connectivity index (χ3v) is 8.28. The third kappa shape index (κ3) is 8.68.